The number of benzene rings is 2. The highest BCUT2D eigenvalue weighted by Gasteiger charge is 2.27. The van der Waals surface area contributed by atoms with Crippen molar-refractivity contribution in [2.45, 2.75) is 45.1 Å². The fraction of sp³-hybridized carbons (Fsp3) is 0.414. The molecular formula is C29H31I4N3O9. The van der Waals surface area contributed by atoms with Crippen molar-refractivity contribution in [2.24, 2.45) is 0 Å². The van der Waals surface area contributed by atoms with Crippen LogP contribution >= 0.6 is 90.4 Å². The number of piperazine rings is 1. The number of hydrogen-bond acceptors (Lipinski definition) is 8. The molecule has 0 aromatic heterocycles. The van der Waals surface area contributed by atoms with Gasteiger partial charge in [0.2, 0.25) is 17.7 Å². The van der Waals surface area contributed by atoms with E-state index in [4.69, 9.17) is 14.6 Å². The third-order valence-electron chi connectivity index (χ3n) is 6.72. The van der Waals surface area contributed by atoms with Crippen LogP contribution < -0.4 is 10.1 Å². The highest BCUT2D eigenvalue weighted by Crippen LogP contribution is 2.37. The second-order valence-corrected chi connectivity index (χ2v) is 14.6. The summed E-state index contributed by atoms with van der Waals surface area (Å²) in [5, 5.41) is 21.5. The fourth-order valence-corrected chi connectivity index (χ4v) is 8.27. The molecule has 1 saturated heterocycles. The lowest BCUT2D eigenvalue weighted by Crippen LogP contribution is -2.50. The van der Waals surface area contributed by atoms with Crippen molar-refractivity contribution < 1.29 is 43.7 Å². The smallest absolute Gasteiger partial charge is 0.328 e. The van der Waals surface area contributed by atoms with Gasteiger partial charge in [-0.1, -0.05) is 0 Å². The van der Waals surface area contributed by atoms with Gasteiger partial charge in [-0.15, -0.1) is 0 Å². The Kier molecular flexibility index (Phi) is 15.1. The molecule has 0 spiro atoms. The Labute approximate surface area is 314 Å². The highest BCUT2D eigenvalue weighted by molar-refractivity contribution is 14.1. The monoisotopic (exact) mass is 1070 g/mol. The molecule has 1 heterocycles. The molecule has 1 aliphatic rings. The maximum atomic E-state index is 12.8. The summed E-state index contributed by atoms with van der Waals surface area (Å²) < 4.78 is 14.2. The topological polar surface area (TPSA) is 163 Å². The molecular weight excluding hydrogens is 1040 g/mol. The van der Waals surface area contributed by atoms with E-state index in [2.05, 4.69) is 50.5 Å². The van der Waals surface area contributed by atoms with Crippen LogP contribution in [0, 0.1) is 14.3 Å². The first-order valence-electron chi connectivity index (χ1n) is 13.9. The maximum absolute atomic E-state index is 12.8. The average molecular weight is 1070 g/mol. The van der Waals surface area contributed by atoms with Crippen LogP contribution in [0.5, 0.6) is 17.2 Å². The van der Waals surface area contributed by atoms with E-state index in [1.807, 2.05) is 57.3 Å². The largest absolute Gasteiger partial charge is 0.506 e. The van der Waals surface area contributed by atoms with E-state index in [0.29, 0.717) is 44.8 Å². The van der Waals surface area contributed by atoms with Gasteiger partial charge in [0.05, 0.1) is 27.3 Å². The average Bonchev–Trinajstić information content (AvgIpc) is 2.99. The van der Waals surface area contributed by atoms with Crippen LogP contribution in [0.4, 0.5) is 0 Å². The Hall–Kier alpha value is -1.69. The molecule has 12 nitrogen and oxygen atoms in total. The summed E-state index contributed by atoms with van der Waals surface area (Å²) in [7, 11) is 0. The van der Waals surface area contributed by atoms with E-state index in [0.717, 1.165) is 12.7 Å². The van der Waals surface area contributed by atoms with Gasteiger partial charge in [-0.05, 0) is 127 Å². The highest BCUT2D eigenvalue weighted by atomic mass is 127. The molecule has 0 aliphatic carbocycles. The van der Waals surface area contributed by atoms with Crippen LogP contribution in [0.15, 0.2) is 24.3 Å². The number of nitrogens with one attached hydrogen (secondary N) is 1. The van der Waals surface area contributed by atoms with Gasteiger partial charge < -0.3 is 34.8 Å². The van der Waals surface area contributed by atoms with Crippen LogP contribution in [0.3, 0.4) is 0 Å². The number of amides is 3. The molecule has 0 unspecified atom stereocenters. The van der Waals surface area contributed by atoms with E-state index in [9.17, 15) is 29.1 Å². The van der Waals surface area contributed by atoms with Crippen molar-refractivity contribution in [3.63, 3.8) is 0 Å². The van der Waals surface area contributed by atoms with Crippen molar-refractivity contribution in [1.82, 2.24) is 15.1 Å². The second kappa shape index (κ2) is 18.0. The molecule has 1 aliphatic heterocycles. The molecule has 0 bridgehead atoms. The number of carboxylic acid groups (broad SMARTS) is 1. The number of phenolic OH excluding ortho intramolecular Hbond substituents is 1. The number of rotatable bonds is 13. The number of aliphatic carboxylic acids is 1. The fourth-order valence-electron chi connectivity index (χ4n) is 4.44. The van der Waals surface area contributed by atoms with Gasteiger partial charge in [0, 0.05) is 51.9 Å². The van der Waals surface area contributed by atoms with Crippen molar-refractivity contribution in [1.29, 1.82) is 0 Å². The number of phenols is 1. The Morgan fingerprint density at radius 1 is 0.822 bits per heavy atom. The molecule has 244 valence electrons. The molecule has 0 saturated carbocycles. The number of aromatic hydroxyl groups is 1. The quantitative estimate of drug-likeness (QED) is 0.194. The van der Waals surface area contributed by atoms with E-state index in [-0.39, 0.29) is 56.3 Å². The lowest BCUT2D eigenvalue weighted by Gasteiger charge is -2.34. The van der Waals surface area contributed by atoms with E-state index >= 15 is 0 Å². The number of esters is 1. The summed E-state index contributed by atoms with van der Waals surface area (Å²) in [4.78, 5) is 64.3. The van der Waals surface area contributed by atoms with Crippen molar-refractivity contribution >= 4 is 120 Å². The van der Waals surface area contributed by atoms with E-state index < -0.39 is 23.9 Å². The minimum absolute atomic E-state index is 0.0642. The molecule has 3 amide bonds. The Balaban J connectivity index is 1.58. The summed E-state index contributed by atoms with van der Waals surface area (Å²) in [6.07, 6.45) is -0.347. The predicted molar refractivity (Wildman–Crippen MR) is 197 cm³/mol. The third kappa shape index (κ3) is 11.5. The molecule has 0 radical (unpaired) electrons. The Morgan fingerprint density at radius 3 is 1.82 bits per heavy atom. The molecule has 2 aromatic carbocycles. The number of hydrogen-bond donors (Lipinski definition) is 3. The molecule has 1 atom stereocenters. The van der Waals surface area contributed by atoms with Gasteiger partial charge in [-0.2, -0.15) is 0 Å². The number of carboxylic acids is 1. The first kappa shape index (κ1) is 37.8. The molecule has 3 N–H and O–H groups in total. The minimum Gasteiger partial charge on any atom is -0.506 e. The van der Waals surface area contributed by atoms with Crippen molar-refractivity contribution in [2.75, 3.05) is 32.8 Å². The van der Waals surface area contributed by atoms with Gasteiger partial charge >= 0.3 is 11.9 Å². The summed E-state index contributed by atoms with van der Waals surface area (Å²) in [6, 6.07) is 6.24. The van der Waals surface area contributed by atoms with Gasteiger partial charge in [-0.3, -0.25) is 19.2 Å². The lowest BCUT2D eigenvalue weighted by atomic mass is 10.1. The predicted octanol–water partition coefficient (Wildman–Crippen LogP) is 4.51. The Bertz CT molecular complexity index is 1400. The molecule has 3 rings (SSSR count). The molecule has 16 heteroatoms. The summed E-state index contributed by atoms with van der Waals surface area (Å²) in [5.41, 5.74) is 0.774. The standard InChI is InChI=1S/C29H31I4N3O9/c1-2-44-29(43)22(13-16-11-20(32)28(21(33)12-16)45-17-14-18(30)27(42)19(31)15-17)34-23(37)3-4-24(38)35-7-9-36(10-8-35)25(39)5-6-26(40)41/h11-12,14-15,22,42H,2-10,13H2,1H3,(H,34,37)(H,40,41)/t22-/m0/s1. The maximum Gasteiger partial charge on any atom is 0.328 e. The summed E-state index contributed by atoms with van der Waals surface area (Å²) >= 11 is 8.37. The van der Waals surface area contributed by atoms with Crippen LogP contribution in [-0.4, -0.2) is 88.5 Å². The Morgan fingerprint density at radius 2 is 1.33 bits per heavy atom. The number of nitrogens with zero attached hydrogens (tertiary/aromatic N) is 2. The third-order valence-corrected chi connectivity index (χ3v) is 9.97. The van der Waals surface area contributed by atoms with Gasteiger partial charge in [0.15, 0.2) is 5.75 Å². The zero-order valence-electron chi connectivity index (χ0n) is 24.1. The van der Waals surface area contributed by atoms with Crippen molar-refractivity contribution in [3.8, 4) is 17.2 Å². The number of carbonyl (C=O) groups excluding carboxylic acids is 4. The molecule has 2 aromatic rings. The second-order valence-electron chi connectivity index (χ2n) is 9.96. The van der Waals surface area contributed by atoms with Crippen molar-refractivity contribution in [3.05, 3.63) is 44.1 Å². The van der Waals surface area contributed by atoms with Crippen LogP contribution in [0.2, 0.25) is 0 Å². The van der Waals surface area contributed by atoms with Gasteiger partial charge in [0.25, 0.3) is 0 Å². The molecule has 1 fully saturated rings. The van der Waals surface area contributed by atoms with E-state index in [1.54, 1.807) is 28.9 Å². The van der Waals surface area contributed by atoms with Crippen LogP contribution in [-0.2, 0) is 35.1 Å². The zero-order chi connectivity index (χ0) is 33.3. The lowest BCUT2D eigenvalue weighted by molar-refractivity contribution is -0.147. The zero-order valence-corrected chi connectivity index (χ0v) is 32.7. The van der Waals surface area contributed by atoms with E-state index in [1.165, 1.54) is 0 Å². The van der Waals surface area contributed by atoms with Gasteiger partial charge in [-0.25, -0.2) is 4.79 Å². The summed E-state index contributed by atoms with van der Waals surface area (Å²) in [5.74, 6) is -1.20. The normalized spacial score (nSPS) is 13.6. The number of halogens is 4. The molecule has 45 heavy (non-hydrogen) atoms. The number of carbonyl (C=O) groups is 5. The first-order valence-corrected chi connectivity index (χ1v) is 18.2. The van der Waals surface area contributed by atoms with Crippen LogP contribution in [0.1, 0.15) is 38.2 Å². The summed E-state index contributed by atoms with van der Waals surface area (Å²) in [6.45, 7) is 3.02. The SMILES string of the molecule is CCOC(=O)[C@H](Cc1cc(I)c(Oc2cc(I)c(O)c(I)c2)c(I)c1)NC(=O)CCC(=O)N1CCN(C(=O)CCC(=O)O)CC1. The first-order chi connectivity index (χ1) is 21.3. The number of ether oxygens (including phenoxy) is 2. The minimum atomic E-state index is -1.04. The van der Waals surface area contributed by atoms with Crippen LogP contribution in [0.25, 0.3) is 0 Å². The van der Waals surface area contributed by atoms with Gasteiger partial charge in [0.1, 0.15) is 17.5 Å².